The fourth-order valence-electron chi connectivity index (χ4n) is 2.47. The summed E-state index contributed by atoms with van der Waals surface area (Å²) < 4.78 is 0. The van der Waals surface area contributed by atoms with Gasteiger partial charge in [-0.25, -0.2) is 0 Å². The van der Waals surface area contributed by atoms with Gasteiger partial charge in [0.25, 0.3) is 0 Å². The summed E-state index contributed by atoms with van der Waals surface area (Å²) in [4.78, 5) is 16.6. The van der Waals surface area contributed by atoms with Gasteiger partial charge in [0.05, 0.1) is 6.42 Å². The molecule has 0 unspecified atom stereocenters. The van der Waals surface area contributed by atoms with Crippen molar-refractivity contribution in [2.75, 3.05) is 32.7 Å². The highest BCUT2D eigenvalue weighted by atomic mass is 16.2. The first-order chi connectivity index (χ1) is 9.29. The largest absolute Gasteiger partial charge is 0.341 e. The molecule has 0 bridgehead atoms. The normalized spacial score (nSPS) is 16.9. The van der Waals surface area contributed by atoms with Crippen molar-refractivity contribution in [1.82, 2.24) is 9.80 Å². The first-order valence-electron chi connectivity index (χ1n) is 6.94. The van der Waals surface area contributed by atoms with Crippen LogP contribution in [-0.2, 0) is 11.2 Å². The van der Waals surface area contributed by atoms with Gasteiger partial charge in [-0.3, -0.25) is 9.69 Å². The van der Waals surface area contributed by atoms with Crippen LogP contribution in [0.3, 0.4) is 0 Å². The molecule has 1 fully saturated rings. The minimum Gasteiger partial charge on any atom is -0.341 e. The molecule has 1 aromatic rings. The molecule has 1 saturated heterocycles. The van der Waals surface area contributed by atoms with Crippen LogP contribution in [0.5, 0.6) is 0 Å². The van der Waals surface area contributed by atoms with Gasteiger partial charge in [0.1, 0.15) is 0 Å². The Morgan fingerprint density at radius 2 is 1.95 bits per heavy atom. The van der Waals surface area contributed by atoms with Gasteiger partial charge < -0.3 is 4.90 Å². The quantitative estimate of drug-likeness (QED) is 0.771. The Kier molecular flexibility index (Phi) is 5.16. The predicted octanol–water partition coefficient (Wildman–Crippen LogP) is 1.95. The van der Waals surface area contributed by atoms with Crippen LogP contribution in [0.4, 0.5) is 0 Å². The first kappa shape index (κ1) is 13.8. The third-order valence-corrected chi connectivity index (χ3v) is 3.53. The Morgan fingerprint density at radius 1 is 1.16 bits per heavy atom. The van der Waals surface area contributed by atoms with E-state index in [-0.39, 0.29) is 5.91 Å². The van der Waals surface area contributed by atoms with Crippen LogP contribution in [0.15, 0.2) is 43.0 Å². The number of hydrogen-bond donors (Lipinski definition) is 0. The zero-order valence-corrected chi connectivity index (χ0v) is 11.4. The third kappa shape index (κ3) is 4.21. The predicted molar refractivity (Wildman–Crippen MR) is 78.0 cm³/mol. The Labute approximate surface area is 115 Å². The molecule has 2 rings (SSSR count). The van der Waals surface area contributed by atoms with Gasteiger partial charge in [0.15, 0.2) is 0 Å². The molecule has 3 nitrogen and oxygen atoms in total. The average Bonchev–Trinajstić information content (AvgIpc) is 2.66. The SMILES string of the molecule is C=CCN1CCCN(C(=O)Cc2ccccc2)CC1. The number of carbonyl (C=O) groups excluding carboxylic acids is 1. The smallest absolute Gasteiger partial charge is 0.227 e. The van der Waals surface area contributed by atoms with Crippen LogP contribution in [0.25, 0.3) is 0 Å². The highest BCUT2D eigenvalue weighted by Gasteiger charge is 2.18. The third-order valence-electron chi connectivity index (χ3n) is 3.53. The molecule has 1 amide bonds. The van der Waals surface area contributed by atoms with Crippen molar-refractivity contribution < 1.29 is 4.79 Å². The standard InChI is InChI=1S/C16H22N2O/c1-2-9-17-10-6-11-18(13-12-17)16(19)14-15-7-4-3-5-8-15/h2-5,7-8H,1,6,9-14H2. The fraction of sp³-hybridized carbons (Fsp3) is 0.438. The summed E-state index contributed by atoms with van der Waals surface area (Å²) in [6.07, 6.45) is 3.50. The van der Waals surface area contributed by atoms with E-state index in [9.17, 15) is 4.79 Å². The van der Waals surface area contributed by atoms with Crippen molar-refractivity contribution >= 4 is 5.91 Å². The van der Waals surface area contributed by atoms with Gasteiger partial charge in [-0.15, -0.1) is 6.58 Å². The second-order valence-corrected chi connectivity index (χ2v) is 4.99. The van der Waals surface area contributed by atoms with E-state index < -0.39 is 0 Å². The van der Waals surface area contributed by atoms with E-state index in [1.807, 2.05) is 41.3 Å². The lowest BCUT2D eigenvalue weighted by Crippen LogP contribution is -2.36. The molecule has 0 N–H and O–H groups in total. The zero-order valence-electron chi connectivity index (χ0n) is 11.4. The minimum absolute atomic E-state index is 0.242. The Bertz CT molecular complexity index is 416. The van der Waals surface area contributed by atoms with Gasteiger partial charge in [-0.05, 0) is 12.0 Å². The first-order valence-corrected chi connectivity index (χ1v) is 6.94. The second kappa shape index (κ2) is 7.10. The maximum atomic E-state index is 12.3. The Morgan fingerprint density at radius 3 is 2.68 bits per heavy atom. The molecule has 102 valence electrons. The monoisotopic (exact) mass is 258 g/mol. The number of carbonyl (C=O) groups is 1. The number of amides is 1. The summed E-state index contributed by atoms with van der Waals surface area (Å²) >= 11 is 0. The van der Waals surface area contributed by atoms with E-state index in [0.717, 1.165) is 44.7 Å². The van der Waals surface area contributed by atoms with Crippen LogP contribution >= 0.6 is 0 Å². The van der Waals surface area contributed by atoms with Crippen LogP contribution < -0.4 is 0 Å². The minimum atomic E-state index is 0.242. The Balaban J connectivity index is 1.87. The van der Waals surface area contributed by atoms with Crippen LogP contribution in [0, 0.1) is 0 Å². The molecule has 1 aliphatic rings. The Hall–Kier alpha value is -1.61. The molecular weight excluding hydrogens is 236 g/mol. The van der Waals surface area contributed by atoms with E-state index in [4.69, 9.17) is 0 Å². The molecule has 0 saturated carbocycles. The van der Waals surface area contributed by atoms with Gasteiger partial charge >= 0.3 is 0 Å². The number of rotatable bonds is 4. The van der Waals surface area contributed by atoms with Crippen molar-refractivity contribution in [3.63, 3.8) is 0 Å². The highest BCUT2D eigenvalue weighted by Crippen LogP contribution is 2.07. The van der Waals surface area contributed by atoms with Gasteiger partial charge in [-0.2, -0.15) is 0 Å². The van der Waals surface area contributed by atoms with Crippen LogP contribution in [-0.4, -0.2) is 48.4 Å². The lowest BCUT2D eigenvalue weighted by molar-refractivity contribution is -0.130. The molecule has 1 aliphatic heterocycles. The van der Waals surface area contributed by atoms with Crippen LogP contribution in [0.1, 0.15) is 12.0 Å². The average molecular weight is 258 g/mol. The second-order valence-electron chi connectivity index (χ2n) is 4.99. The van der Waals surface area contributed by atoms with E-state index in [0.29, 0.717) is 6.42 Å². The van der Waals surface area contributed by atoms with E-state index in [1.54, 1.807) is 0 Å². The highest BCUT2D eigenvalue weighted by molar-refractivity contribution is 5.78. The summed E-state index contributed by atoms with van der Waals surface area (Å²) in [5.41, 5.74) is 1.10. The van der Waals surface area contributed by atoms with Crippen molar-refractivity contribution in [3.05, 3.63) is 48.6 Å². The summed E-state index contributed by atoms with van der Waals surface area (Å²) in [5.74, 6) is 0.242. The lowest BCUT2D eigenvalue weighted by atomic mass is 10.1. The molecule has 3 heteroatoms. The van der Waals surface area contributed by atoms with Crippen molar-refractivity contribution in [3.8, 4) is 0 Å². The summed E-state index contributed by atoms with van der Waals surface area (Å²) in [7, 11) is 0. The number of hydrogen-bond acceptors (Lipinski definition) is 2. The van der Waals surface area contributed by atoms with Crippen molar-refractivity contribution in [1.29, 1.82) is 0 Å². The molecule has 0 aromatic heterocycles. The summed E-state index contributed by atoms with van der Waals surface area (Å²) in [5, 5.41) is 0. The van der Waals surface area contributed by atoms with Crippen LogP contribution in [0.2, 0.25) is 0 Å². The summed E-state index contributed by atoms with van der Waals surface area (Å²) in [6.45, 7) is 8.41. The van der Waals surface area contributed by atoms with E-state index in [2.05, 4.69) is 11.5 Å². The van der Waals surface area contributed by atoms with Gasteiger partial charge in [-0.1, -0.05) is 36.4 Å². The molecule has 1 heterocycles. The number of nitrogens with zero attached hydrogens (tertiary/aromatic N) is 2. The molecule has 0 atom stereocenters. The van der Waals surface area contributed by atoms with E-state index >= 15 is 0 Å². The topological polar surface area (TPSA) is 23.6 Å². The molecule has 0 spiro atoms. The molecule has 1 aromatic carbocycles. The lowest BCUT2D eigenvalue weighted by Gasteiger charge is -2.21. The molecule has 0 aliphatic carbocycles. The molecule has 0 radical (unpaired) electrons. The maximum absolute atomic E-state index is 12.3. The van der Waals surface area contributed by atoms with E-state index in [1.165, 1.54) is 0 Å². The molecular formula is C16H22N2O. The van der Waals surface area contributed by atoms with Crippen molar-refractivity contribution in [2.45, 2.75) is 12.8 Å². The van der Waals surface area contributed by atoms with Crippen molar-refractivity contribution in [2.24, 2.45) is 0 Å². The fourth-order valence-corrected chi connectivity index (χ4v) is 2.47. The molecule has 19 heavy (non-hydrogen) atoms. The summed E-state index contributed by atoms with van der Waals surface area (Å²) in [6, 6.07) is 9.97. The zero-order chi connectivity index (χ0) is 13.5. The van der Waals surface area contributed by atoms with Gasteiger partial charge in [0.2, 0.25) is 5.91 Å². The number of benzene rings is 1. The van der Waals surface area contributed by atoms with Gasteiger partial charge in [0, 0.05) is 32.7 Å². The maximum Gasteiger partial charge on any atom is 0.227 e.